The van der Waals surface area contributed by atoms with E-state index < -0.39 is 0 Å². The second kappa shape index (κ2) is 7.56. The molecule has 5 nitrogen and oxygen atoms in total. The Labute approximate surface area is 163 Å². The van der Waals surface area contributed by atoms with Gasteiger partial charge in [0, 0.05) is 17.9 Å². The number of carbonyl (C=O) groups excluding carboxylic acids is 1. The molecular formula is C21H22N4OS. The monoisotopic (exact) mass is 378 g/mol. The highest BCUT2D eigenvalue weighted by Gasteiger charge is 2.23. The average Bonchev–Trinajstić information content (AvgIpc) is 3.06. The summed E-state index contributed by atoms with van der Waals surface area (Å²) in [5.74, 6) is 1.28. The average molecular weight is 379 g/mol. The highest BCUT2D eigenvalue weighted by molar-refractivity contribution is 7.99. The highest BCUT2D eigenvalue weighted by Crippen LogP contribution is 2.28. The van der Waals surface area contributed by atoms with Crippen LogP contribution >= 0.6 is 11.8 Å². The molecule has 1 aliphatic rings. The van der Waals surface area contributed by atoms with Crippen LogP contribution in [0.2, 0.25) is 0 Å². The van der Waals surface area contributed by atoms with Gasteiger partial charge in [0.05, 0.1) is 5.75 Å². The Kier molecular flexibility index (Phi) is 4.99. The van der Waals surface area contributed by atoms with E-state index in [-0.39, 0.29) is 5.91 Å². The number of aryl methyl sites for hydroxylation is 3. The standard InChI is InChI=1S/C21H22N4OS/c1-15-7-5-10-18(13-15)25-16(2)22-23-21(25)27-14-20(26)24-12-6-9-17-8-3-4-11-19(17)24/h3-5,7-8,10-11,13H,6,9,12,14H2,1-2H3. The highest BCUT2D eigenvalue weighted by atomic mass is 32.2. The summed E-state index contributed by atoms with van der Waals surface area (Å²) < 4.78 is 2.01. The van der Waals surface area contributed by atoms with Crippen LogP contribution in [0, 0.1) is 13.8 Å². The number of anilines is 1. The largest absolute Gasteiger partial charge is 0.311 e. The fourth-order valence-electron chi connectivity index (χ4n) is 3.50. The van der Waals surface area contributed by atoms with E-state index in [1.54, 1.807) is 0 Å². The molecule has 0 saturated heterocycles. The van der Waals surface area contributed by atoms with Crippen molar-refractivity contribution < 1.29 is 4.79 Å². The van der Waals surface area contributed by atoms with E-state index in [0.29, 0.717) is 5.75 Å². The Hall–Kier alpha value is -2.60. The fourth-order valence-corrected chi connectivity index (χ4v) is 4.37. The number of nitrogens with zero attached hydrogens (tertiary/aromatic N) is 4. The summed E-state index contributed by atoms with van der Waals surface area (Å²) in [4.78, 5) is 14.8. The van der Waals surface area contributed by atoms with E-state index >= 15 is 0 Å². The van der Waals surface area contributed by atoms with Crippen molar-refractivity contribution in [1.82, 2.24) is 14.8 Å². The summed E-state index contributed by atoms with van der Waals surface area (Å²) in [6, 6.07) is 16.4. The zero-order valence-corrected chi connectivity index (χ0v) is 16.4. The lowest BCUT2D eigenvalue weighted by Gasteiger charge is -2.29. The lowest BCUT2D eigenvalue weighted by molar-refractivity contribution is -0.116. The number of para-hydroxylation sites is 1. The van der Waals surface area contributed by atoms with Gasteiger partial charge in [-0.2, -0.15) is 0 Å². The van der Waals surface area contributed by atoms with Crippen LogP contribution in [0.3, 0.4) is 0 Å². The van der Waals surface area contributed by atoms with Gasteiger partial charge in [0.2, 0.25) is 5.91 Å². The molecule has 0 spiro atoms. The molecule has 0 radical (unpaired) electrons. The van der Waals surface area contributed by atoms with Gasteiger partial charge in [-0.3, -0.25) is 9.36 Å². The molecule has 0 atom stereocenters. The molecule has 1 aliphatic heterocycles. The molecule has 0 bridgehead atoms. The van der Waals surface area contributed by atoms with Gasteiger partial charge in [-0.1, -0.05) is 42.1 Å². The Morgan fingerprint density at radius 3 is 2.81 bits per heavy atom. The zero-order chi connectivity index (χ0) is 18.8. The maximum absolute atomic E-state index is 12.9. The number of benzene rings is 2. The summed E-state index contributed by atoms with van der Waals surface area (Å²) >= 11 is 1.44. The Morgan fingerprint density at radius 2 is 1.96 bits per heavy atom. The smallest absolute Gasteiger partial charge is 0.237 e. The number of thioether (sulfide) groups is 1. The van der Waals surface area contributed by atoms with Crippen LogP contribution in [0.4, 0.5) is 5.69 Å². The van der Waals surface area contributed by atoms with Crippen molar-refractivity contribution in [2.45, 2.75) is 31.8 Å². The Balaban J connectivity index is 1.53. The van der Waals surface area contributed by atoms with Gasteiger partial charge in [0.1, 0.15) is 5.82 Å². The lowest BCUT2D eigenvalue weighted by Crippen LogP contribution is -2.36. The van der Waals surface area contributed by atoms with Crippen molar-refractivity contribution in [3.8, 4) is 5.69 Å². The summed E-state index contributed by atoms with van der Waals surface area (Å²) in [5.41, 5.74) is 4.50. The molecule has 4 rings (SSSR count). The summed E-state index contributed by atoms with van der Waals surface area (Å²) in [6.07, 6.45) is 2.04. The number of hydrogen-bond acceptors (Lipinski definition) is 4. The fraction of sp³-hybridized carbons (Fsp3) is 0.286. The van der Waals surface area contributed by atoms with E-state index in [1.165, 1.54) is 22.9 Å². The number of carbonyl (C=O) groups is 1. The lowest BCUT2D eigenvalue weighted by atomic mass is 10.0. The van der Waals surface area contributed by atoms with Crippen LogP contribution < -0.4 is 4.90 Å². The molecule has 6 heteroatoms. The minimum atomic E-state index is 0.114. The number of fused-ring (bicyclic) bond motifs is 1. The van der Waals surface area contributed by atoms with E-state index in [4.69, 9.17) is 0 Å². The second-order valence-corrected chi connectivity index (χ2v) is 7.71. The van der Waals surface area contributed by atoms with Crippen molar-refractivity contribution in [1.29, 1.82) is 0 Å². The van der Waals surface area contributed by atoms with Crippen molar-refractivity contribution in [2.75, 3.05) is 17.2 Å². The third kappa shape index (κ3) is 3.62. The summed E-state index contributed by atoms with van der Waals surface area (Å²) in [5, 5.41) is 9.25. The van der Waals surface area contributed by atoms with Crippen molar-refractivity contribution in [3.05, 3.63) is 65.5 Å². The van der Waals surface area contributed by atoms with Gasteiger partial charge < -0.3 is 4.90 Å². The van der Waals surface area contributed by atoms with Crippen LogP contribution in [0.1, 0.15) is 23.4 Å². The van der Waals surface area contributed by atoms with E-state index in [0.717, 1.165) is 41.7 Å². The molecule has 1 aromatic heterocycles. The first-order chi connectivity index (χ1) is 13.1. The predicted octanol–water partition coefficient (Wildman–Crippen LogP) is 3.96. The van der Waals surface area contributed by atoms with Gasteiger partial charge in [0.25, 0.3) is 0 Å². The number of amides is 1. The molecule has 0 N–H and O–H groups in total. The van der Waals surface area contributed by atoms with Crippen LogP contribution in [0.25, 0.3) is 5.69 Å². The molecule has 2 heterocycles. The van der Waals surface area contributed by atoms with Gasteiger partial charge >= 0.3 is 0 Å². The minimum absolute atomic E-state index is 0.114. The van der Waals surface area contributed by atoms with Crippen LogP contribution in [-0.2, 0) is 11.2 Å². The van der Waals surface area contributed by atoms with Crippen molar-refractivity contribution >= 4 is 23.4 Å². The van der Waals surface area contributed by atoms with Crippen LogP contribution in [0.5, 0.6) is 0 Å². The van der Waals surface area contributed by atoms with Gasteiger partial charge in [-0.15, -0.1) is 10.2 Å². The van der Waals surface area contributed by atoms with E-state index in [9.17, 15) is 4.79 Å². The number of aromatic nitrogens is 3. The van der Waals surface area contributed by atoms with Crippen molar-refractivity contribution in [2.24, 2.45) is 0 Å². The molecule has 0 aliphatic carbocycles. The van der Waals surface area contributed by atoms with E-state index in [2.05, 4.69) is 35.3 Å². The first-order valence-electron chi connectivity index (χ1n) is 9.13. The second-order valence-electron chi connectivity index (χ2n) is 6.77. The maximum atomic E-state index is 12.9. The topological polar surface area (TPSA) is 51.0 Å². The van der Waals surface area contributed by atoms with Gasteiger partial charge in [-0.05, 0) is 56.0 Å². The van der Waals surface area contributed by atoms with Crippen molar-refractivity contribution in [3.63, 3.8) is 0 Å². The molecule has 0 fully saturated rings. The van der Waals surface area contributed by atoms with Gasteiger partial charge in [0.15, 0.2) is 5.16 Å². The predicted molar refractivity (Wildman–Crippen MR) is 109 cm³/mol. The summed E-state index contributed by atoms with van der Waals surface area (Å²) in [6.45, 7) is 4.77. The van der Waals surface area contributed by atoms with Gasteiger partial charge in [-0.25, -0.2) is 0 Å². The molecule has 27 heavy (non-hydrogen) atoms. The molecular weight excluding hydrogens is 356 g/mol. The van der Waals surface area contributed by atoms with Crippen LogP contribution in [0.15, 0.2) is 53.7 Å². The molecule has 0 saturated carbocycles. The summed E-state index contributed by atoms with van der Waals surface area (Å²) in [7, 11) is 0. The molecule has 1 amide bonds. The Bertz CT molecular complexity index is 982. The SMILES string of the molecule is Cc1cccc(-n2c(C)nnc2SCC(=O)N2CCCc3ccccc32)c1. The molecule has 2 aromatic carbocycles. The maximum Gasteiger partial charge on any atom is 0.237 e. The molecule has 138 valence electrons. The number of rotatable bonds is 4. The Morgan fingerprint density at radius 1 is 1.11 bits per heavy atom. The molecule has 0 unspecified atom stereocenters. The zero-order valence-electron chi connectivity index (χ0n) is 15.6. The molecule has 3 aromatic rings. The normalized spacial score (nSPS) is 13.5. The minimum Gasteiger partial charge on any atom is -0.311 e. The first kappa shape index (κ1) is 17.8. The van der Waals surface area contributed by atoms with E-state index in [1.807, 2.05) is 46.7 Å². The third-order valence-electron chi connectivity index (χ3n) is 4.79. The quantitative estimate of drug-likeness (QED) is 0.645. The first-order valence-corrected chi connectivity index (χ1v) is 10.1. The van der Waals surface area contributed by atoms with Crippen LogP contribution in [-0.4, -0.2) is 33.0 Å². The number of hydrogen-bond donors (Lipinski definition) is 0. The third-order valence-corrected chi connectivity index (χ3v) is 5.70.